The molecule has 0 N–H and O–H groups in total. The van der Waals surface area contributed by atoms with Crippen LogP contribution in [-0.4, -0.2) is 51.8 Å². The molecule has 1 aliphatic heterocycles. The van der Waals surface area contributed by atoms with Crippen LogP contribution in [-0.2, 0) is 9.84 Å². The average Bonchev–Trinajstić information content (AvgIpc) is 2.61. The second-order valence-electron chi connectivity index (χ2n) is 6.05. The number of rotatable bonds is 5. The van der Waals surface area contributed by atoms with Crippen molar-refractivity contribution in [2.45, 2.75) is 4.90 Å². The molecule has 1 saturated heterocycles. The average molecular weight is 399 g/mol. The highest BCUT2D eigenvalue weighted by Gasteiger charge is 2.21. The zero-order valence-electron chi connectivity index (χ0n) is 13.7. The van der Waals surface area contributed by atoms with Gasteiger partial charge < -0.3 is 4.90 Å². The Hall–Kier alpha value is -1.27. The Bertz CT molecular complexity index is 817. The van der Waals surface area contributed by atoms with Crippen LogP contribution in [0.1, 0.15) is 0 Å². The van der Waals surface area contributed by atoms with E-state index in [2.05, 4.69) is 9.80 Å². The first-order chi connectivity index (χ1) is 12.0. The van der Waals surface area contributed by atoms with E-state index in [1.54, 1.807) is 24.3 Å². The molecular formula is C18H20Cl2N2O2S. The molecule has 0 saturated carbocycles. The van der Waals surface area contributed by atoms with E-state index in [9.17, 15) is 8.42 Å². The largest absolute Gasteiger partial charge is 0.368 e. The Morgan fingerprint density at radius 2 is 1.52 bits per heavy atom. The molecule has 3 rings (SSSR count). The van der Waals surface area contributed by atoms with Crippen LogP contribution in [0.2, 0.25) is 10.0 Å². The summed E-state index contributed by atoms with van der Waals surface area (Å²) in [5.74, 6) is 0.112. The molecule has 2 aromatic carbocycles. The molecule has 0 amide bonds. The third-order valence-electron chi connectivity index (χ3n) is 4.41. The maximum Gasteiger partial charge on any atom is 0.179 e. The molecule has 1 fully saturated rings. The molecule has 0 spiro atoms. The highest BCUT2D eigenvalue weighted by Crippen LogP contribution is 2.26. The zero-order valence-corrected chi connectivity index (χ0v) is 16.1. The van der Waals surface area contributed by atoms with Crippen molar-refractivity contribution in [3.8, 4) is 0 Å². The van der Waals surface area contributed by atoms with E-state index >= 15 is 0 Å². The molecule has 0 unspecified atom stereocenters. The van der Waals surface area contributed by atoms with Crippen LogP contribution in [0, 0.1) is 0 Å². The maximum absolute atomic E-state index is 12.4. The van der Waals surface area contributed by atoms with E-state index in [0.717, 1.165) is 36.9 Å². The summed E-state index contributed by atoms with van der Waals surface area (Å²) in [5, 5.41) is 1.29. The minimum absolute atomic E-state index is 0.112. The van der Waals surface area contributed by atoms with E-state index in [1.165, 1.54) is 0 Å². The van der Waals surface area contributed by atoms with Gasteiger partial charge in [0.1, 0.15) is 0 Å². The van der Waals surface area contributed by atoms with Crippen LogP contribution in [0.15, 0.2) is 53.4 Å². The first-order valence-electron chi connectivity index (χ1n) is 8.16. The van der Waals surface area contributed by atoms with Gasteiger partial charge in [0.2, 0.25) is 0 Å². The Morgan fingerprint density at radius 1 is 0.880 bits per heavy atom. The molecule has 134 valence electrons. The topological polar surface area (TPSA) is 40.6 Å². The van der Waals surface area contributed by atoms with E-state index in [4.69, 9.17) is 23.2 Å². The quantitative estimate of drug-likeness (QED) is 0.771. The minimum atomic E-state index is -3.28. The fourth-order valence-corrected chi connectivity index (χ4v) is 4.60. The second kappa shape index (κ2) is 7.96. The molecule has 0 atom stereocenters. The lowest BCUT2D eigenvalue weighted by molar-refractivity contribution is 0.272. The maximum atomic E-state index is 12.4. The first kappa shape index (κ1) is 18.5. The van der Waals surface area contributed by atoms with Crippen molar-refractivity contribution < 1.29 is 8.42 Å². The summed E-state index contributed by atoms with van der Waals surface area (Å²) >= 11 is 12.1. The summed E-state index contributed by atoms with van der Waals surface area (Å²) in [6, 6.07) is 14.1. The predicted molar refractivity (Wildman–Crippen MR) is 104 cm³/mol. The fraction of sp³-hybridized carbons (Fsp3) is 0.333. The monoisotopic (exact) mass is 398 g/mol. The van der Waals surface area contributed by atoms with Gasteiger partial charge >= 0.3 is 0 Å². The summed E-state index contributed by atoms with van der Waals surface area (Å²) < 4.78 is 24.8. The van der Waals surface area contributed by atoms with Crippen molar-refractivity contribution in [3.05, 3.63) is 58.6 Å². The van der Waals surface area contributed by atoms with Crippen LogP contribution in [0.3, 0.4) is 0 Å². The summed E-state index contributed by atoms with van der Waals surface area (Å²) in [7, 11) is -3.28. The molecule has 4 nitrogen and oxygen atoms in total. The van der Waals surface area contributed by atoms with Gasteiger partial charge in [-0.1, -0.05) is 35.3 Å². The number of hydrogen-bond acceptors (Lipinski definition) is 4. The van der Waals surface area contributed by atoms with Crippen LogP contribution in [0.25, 0.3) is 0 Å². The number of piperazine rings is 1. The molecule has 0 aliphatic carbocycles. The lowest BCUT2D eigenvalue weighted by atomic mass is 10.2. The number of benzene rings is 2. The molecule has 7 heteroatoms. The Morgan fingerprint density at radius 3 is 2.16 bits per heavy atom. The number of hydrogen-bond donors (Lipinski definition) is 0. The number of halogens is 2. The van der Waals surface area contributed by atoms with Crippen molar-refractivity contribution in [3.63, 3.8) is 0 Å². The fourth-order valence-electron chi connectivity index (χ4n) is 2.93. The SMILES string of the molecule is O=S(=O)(CCN1CCN(c2ccccc2Cl)CC1)c1ccc(Cl)cc1. The van der Waals surface area contributed by atoms with Gasteiger partial charge in [0, 0.05) is 37.7 Å². The number of para-hydroxylation sites is 1. The van der Waals surface area contributed by atoms with Gasteiger partial charge in [0.05, 0.1) is 21.4 Å². The number of anilines is 1. The van der Waals surface area contributed by atoms with Crippen molar-refractivity contribution in [1.29, 1.82) is 0 Å². The molecule has 1 aliphatic rings. The summed E-state index contributed by atoms with van der Waals surface area (Å²) in [6.07, 6.45) is 0. The van der Waals surface area contributed by atoms with E-state index in [0.29, 0.717) is 16.5 Å². The molecule has 0 radical (unpaired) electrons. The van der Waals surface area contributed by atoms with Gasteiger partial charge in [0.15, 0.2) is 9.84 Å². The van der Waals surface area contributed by atoms with Crippen LogP contribution < -0.4 is 4.90 Å². The van der Waals surface area contributed by atoms with Crippen molar-refractivity contribution in [2.24, 2.45) is 0 Å². The van der Waals surface area contributed by atoms with Crippen LogP contribution in [0.4, 0.5) is 5.69 Å². The number of nitrogens with zero attached hydrogens (tertiary/aromatic N) is 2. The van der Waals surface area contributed by atoms with Crippen molar-refractivity contribution >= 4 is 38.7 Å². The second-order valence-corrected chi connectivity index (χ2v) is 9.01. The highest BCUT2D eigenvalue weighted by molar-refractivity contribution is 7.91. The Balaban J connectivity index is 1.54. The first-order valence-corrected chi connectivity index (χ1v) is 10.6. The molecule has 0 aromatic heterocycles. The molecule has 0 bridgehead atoms. The normalized spacial score (nSPS) is 16.2. The third kappa shape index (κ3) is 4.67. The minimum Gasteiger partial charge on any atom is -0.368 e. The molecule has 2 aromatic rings. The predicted octanol–water partition coefficient (Wildman–Crippen LogP) is 3.59. The smallest absolute Gasteiger partial charge is 0.179 e. The van der Waals surface area contributed by atoms with E-state index in [-0.39, 0.29) is 5.75 Å². The van der Waals surface area contributed by atoms with Crippen LogP contribution >= 0.6 is 23.2 Å². The van der Waals surface area contributed by atoms with Gasteiger partial charge in [-0.05, 0) is 36.4 Å². The van der Waals surface area contributed by atoms with Gasteiger partial charge in [-0.3, -0.25) is 4.90 Å². The van der Waals surface area contributed by atoms with E-state index in [1.807, 2.05) is 24.3 Å². The number of sulfone groups is 1. The van der Waals surface area contributed by atoms with E-state index < -0.39 is 9.84 Å². The molecule has 25 heavy (non-hydrogen) atoms. The highest BCUT2D eigenvalue weighted by atomic mass is 35.5. The van der Waals surface area contributed by atoms with Crippen LogP contribution in [0.5, 0.6) is 0 Å². The zero-order chi connectivity index (χ0) is 17.9. The Labute approximate surface area is 158 Å². The van der Waals surface area contributed by atoms with Gasteiger partial charge in [0.25, 0.3) is 0 Å². The van der Waals surface area contributed by atoms with Gasteiger partial charge in [-0.25, -0.2) is 8.42 Å². The third-order valence-corrected chi connectivity index (χ3v) is 6.70. The standard InChI is InChI=1S/C18H20Cl2N2O2S/c19-15-5-7-16(8-6-15)25(23,24)14-13-21-9-11-22(12-10-21)18-4-2-1-3-17(18)20/h1-8H,9-14H2. The lowest BCUT2D eigenvalue weighted by Crippen LogP contribution is -2.47. The van der Waals surface area contributed by atoms with Gasteiger partial charge in [-0.2, -0.15) is 0 Å². The summed E-state index contributed by atoms with van der Waals surface area (Å²) in [6.45, 7) is 3.85. The Kier molecular flexibility index (Phi) is 5.89. The molecular weight excluding hydrogens is 379 g/mol. The lowest BCUT2D eigenvalue weighted by Gasteiger charge is -2.36. The molecule has 1 heterocycles. The van der Waals surface area contributed by atoms with Gasteiger partial charge in [-0.15, -0.1) is 0 Å². The van der Waals surface area contributed by atoms with Crippen molar-refractivity contribution in [2.75, 3.05) is 43.4 Å². The summed E-state index contributed by atoms with van der Waals surface area (Å²) in [4.78, 5) is 4.75. The van der Waals surface area contributed by atoms with Crippen molar-refractivity contribution in [1.82, 2.24) is 4.90 Å². The summed E-state index contributed by atoms with van der Waals surface area (Å²) in [5.41, 5.74) is 1.04.